The third-order valence-corrected chi connectivity index (χ3v) is 8.34. The van der Waals surface area contributed by atoms with E-state index in [1.807, 2.05) is 0 Å². The Hall–Kier alpha value is -1.42. The van der Waals surface area contributed by atoms with Crippen molar-refractivity contribution in [2.45, 2.75) is 64.2 Å². The molecule has 3 aliphatic rings. The zero-order valence-corrected chi connectivity index (χ0v) is 18.2. The molecule has 0 aromatic heterocycles. The summed E-state index contributed by atoms with van der Waals surface area (Å²) < 4.78 is 32.8. The molecule has 1 aromatic carbocycles. The lowest BCUT2D eigenvalue weighted by Crippen LogP contribution is -2.40. The van der Waals surface area contributed by atoms with Crippen LogP contribution in [0.25, 0.3) is 0 Å². The van der Waals surface area contributed by atoms with E-state index in [0.717, 1.165) is 43.2 Å². The maximum atomic E-state index is 13.7. The van der Waals surface area contributed by atoms with Crippen LogP contribution in [0.2, 0.25) is 5.02 Å². The van der Waals surface area contributed by atoms with Gasteiger partial charge in [0.1, 0.15) is 22.4 Å². The van der Waals surface area contributed by atoms with E-state index in [-0.39, 0.29) is 17.6 Å². The highest BCUT2D eigenvalue weighted by atomic mass is 35.5. The summed E-state index contributed by atoms with van der Waals surface area (Å²) in [5.74, 6) is 0.711. The van der Waals surface area contributed by atoms with Gasteiger partial charge in [0.15, 0.2) is 0 Å². The van der Waals surface area contributed by atoms with Crippen LogP contribution in [0.15, 0.2) is 24.8 Å². The first-order valence-corrected chi connectivity index (χ1v) is 11.8. The molecule has 0 radical (unpaired) electrons. The Morgan fingerprint density at radius 2 is 1.63 bits per heavy atom. The fraction of sp³-hybridized carbons (Fsp3) is 0.640. The summed E-state index contributed by atoms with van der Waals surface area (Å²) >= 11 is 5.52. The number of hydrogen-bond acceptors (Lipinski definition) is 2. The summed E-state index contributed by atoms with van der Waals surface area (Å²) in [7, 11) is 0. The van der Waals surface area contributed by atoms with Gasteiger partial charge in [-0.05, 0) is 81.0 Å². The Bertz CT molecular complexity index is 764. The first kappa shape index (κ1) is 21.8. The van der Waals surface area contributed by atoms with Gasteiger partial charge in [0.05, 0.1) is 5.92 Å². The zero-order chi connectivity index (χ0) is 21.3. The van der Waals surface area contributed by atoms with Crippen molar-refractivity contribution in [3.63, 3.8) is 0 Å². The van der Waals surface area contributed by atoms with E-state index < -0.39 is 16.7 Å². The van der Waals surface area contributed by atoms with Gasteiger partial charge >= 0.3 is 5.97 Å². The van der Waals surface area contributed by atoms with E-state index in [0.29, 0.717) is 17.8 Å². The fourth-order valence-corrected chi connectivity index (χ4v) is 6.46. The molecule has 3 fully saturated rings. The number of ether oxygens (including phenoxy) is 1. The SMILES string of the molecule is C=CC1CCC(C2CCC3C(CCCC3C(=O)Oc3cc(F)c(Cl)c(F)c3)C2)CC1. The molecule has 5 heteroatoms. The molecule has 4 atom stereocenters. The molecule has 3 aliphatic carbocycles. The molecular formula is C25H31ClF2O2. The van der Waals surface area contributed by atoms with Gasteiger partial charge in [0.25, 0.3) is 0 Å². The van der Waals surface area contributed by atoms with E-state index in [1.54, 1.807) is 0 Å². The lowest BCUT2D eigenvalue weighted by Gasteiger charge is -2.45. The molecule has 0 spiro atoms. The minimum absolute atomic E-state index is 0.103. The van der Waals surface area contributed by atoms with Crippen molar-refractivity contribution in [1.29, 1.82) is 0 Å². The molecule has 4 rings (SSSR count). The van der Waals surface area contributed by atoms with Crippen LogP contribution in [0.3, 0.4) is 0 Å². The summed E-state index contributed by atoms with van der Waals surface area (Å²) in [5, 5.41) is -0.576. The second-order valence-electron chi connectivity index (χ2n) is 9.57. The molecule has 0 bridgehead atoms. The highest BCUT2D eigenvalue weighted by molar-refractivity contribution is 6.30. The first-order chi connectivity index (χ1) is 14.5. The van der Waals surface area contributed by atoms with Crippen LogP contribution in [0.1, 0.15) is 64.2 Å². The number of benzene rings is 1. The Morgan fingerprint density at radius 3 is 2.30 bits per heavy atom. The fourth-order valence-electron chi connectivity index (χ4n) is 6.36. The summed E-state index contributed by atoms with van der Waals surface area (Å²) in [6.45, 7) is 3.95. The maximum Gasteiger partial charge on any atom is 0.314 e. The van der Waals surface area contributed by atoms with E-state index >= 15 is 0 Å². The van der Waals surface area contributed by atoms with Gasteiger partial charge in [-0.1, -0.05) is 30.5 Å². The van der Waals surface area contributed by atoms with Crippen molar-refractivity contribution < 1.29 is 18.3 Å². The summed E-state index contributed by atoms with van der Waals surface area (Å²) in [6, 6.07) is 1.97. The Labute approximate surface area is 183 Å². The van der Waals surface area contributed by atoms with Crippen molar-refractivity contribution in [2.24, 2.45) is 35.5 Å². The van der Waals surface area contributed by atoms with Crippen molar-refractivity contribution in [1.82, 2.24) is 0 Å². The molecule has 0 heterocycles. The number of carbonyl (C=O) groups excluding carboxylic acids is 1. The lowest BCUT2D eigenvalue weighted by molar-refractivity contribution is -0.144. The molecule has 164 valence electrons. The number of hydrogen-bond donors (Lipinski definition) is 0. The summed E-state index contributed by atoms with van der Waals surface area (Å²) in [4.78, 5) is 12.9. The molecule has 0 saturated heterocycles. The third-order valence-electron chi connectivity index (χ3n) is 7.98. The van der Waals surface area contributed by atoms with Gasteiger partial charge in [-0.2, -0.15) is 0 Å². The Balaban J connectivity index is 1.38. The average Bonchev–Trinajstić information content (AvgIpc) is 2.76. The molecule has 0 N–H and O–H groups in total. The predicted molar refractivity (Wildman–Crippen MR) is 114 cm³/mol. The molecular weight excluding hydrogens is 406 g/mol. The summed E-state index contributed by atoms with van der Waals surface area (Å²) in [5.41, 5.74) is 0. The van der Waals surface area contributed by atoms with Gasteiger partial charge in [-0.15, -0.1) is 6.58 Å². The van der Waals surface area contributed by atoms with Crippen LogP contribution in [0.5, 0.6) is 5.75 Å². The van der Waals surface area contributed by atoms with Crippen molar-refractivity contribution in [3.05, 3.63) is 41.4 Å². The van der Waals surface area contributed by atoms with E-state index in [1.165, 1.54) is 44.9 Å². The second-order valence-corrected chi connectivity index (χ2v) is 9.94. The number of fused-ring (bicyclic) bond motifs is 1. The smallest absolute Gasteiger partial charge is 0.314 e. The molecule has 2 nitrogen and oxygen atoms in total. The average molecular weight is 437 g/mol. The lowest BCUT2D eigenvalue weighted by atomic mass is 9.59. The monoisotopic (exact) mass is 436 g/mol. The van der Waals surface area contributed by atoms with Gasteiger partial charge < -0.3 is 4.74 Å². The van der Waals surface area contributed by atoms with Crippen LogP contribution in [-0.2, 0) is 4.79 Å². The summed E-state index contributed by atoms with van der Waals surface area (Å²) in [6.07, 6.45) is 13.7. The van der Waals surface area contributed by atoms with Crippen LogP contribution in [0.4, 0.5) is 8.78 Å². The minimum Gasteiger partial charge on any atom is -0.426 e. The second kappa shape index (κ2) is 9.38. The largest absolute Gasteiger partial charge is 0.426 e. The quantitative estimate of drug-likeness (QED) is 0.213. The highest BCUT2D eigenvalue weighted by Gasteiger charge is 2.43. The van der Waals surface area contributed by atoms with Crippen molar-refractivity contribution in [2.75, 3.05) is 0 Å². The molecule has 3 saturated carbocycles. The number of halogens is 3. The van der Waals surface area contributed by atoms with Crippen LogP contribution < -0.4 is 4.74 Å². The number of allylic oxidation sites excluding steroid dienone is 1. The third kappa shape index (κ3) is 4.59. The van der Waals surface area contributed by atoms with Gasteiger partial charge in [0, 0.05) is 12.1 Å². The van der Waals surface area contributed by atoms with Crippen LogP contribution >= 0.6 is 11.6 Å². The van der Waals surface area contributed by atoms with Crippen LogP contribution in [-0.4, -0.2) is 5.97 Å². The number of rotatable bonds is 4. The normalized spacial score (nSPS) is 34.1. The molecule has 4 unspecified atom stereocenters. The molecule has 0 aliphatic heterocycles. The Kier molecular flexibility index (Phi) is 6.81. The molecule has 30 heavy (non-hydrogen) atoms. The zero-order valence-electron chi connectivity index (χ0n) is 17.4. The van der Waals surface area contributed by atoms with Gasteiger partial charge in [-0.25, -0.2) is 8.78 Å². The van der Waals surface area contributed by atoms with Gasteiger partial charge in [-0.3, -0.25) is 4.79 Å². The number of carbonyl (C=O) groups is 1. The van der Waals surface area contributed by atoms with Crippen molar-refractivity contribution >= 4 is 17.6 Å². The maximum absolute atomic E-state index is 13.7. The van der Waals surface area contributed by atoms with E-state index in [9.17, 15) is 13.6 Å². The highest BCUT2D eigenvalue weighted by Crippen LogP contribution is 2.50. The predicted octanol–water partition coefficient (Wildman–Crippen LogP) is 7.35. The van der Waals surface area contributed by atoms with E-state index in [2.05, 4.69) is 12.7 Å². The number of esters is 1. The topological polar surface area (TPSA) is 26.3 Å². The molecule has 1 aromatic rings. The molecule has 0 amide bonds. The first-order valence-electron chi connectivity index (χ1n) is 11.4. The Morgan fingerprint density at radius 1 is 0.967 bits per heavy atom. The van der Waals surface area contributed by atoms with Gasteiger partial charge in [0.2, 0.25) is 0 Å². The standard InChI is InChI=1S/C25H31ClF2O2/c1-2-15-6-8-16(9-7-15)17-10-11-20-18(12-17)4-3-5-21(20)25(29)30-19-13-22(27)24(26)23(28)14-19/h2,13-18,20-21H,1,3-12H2. The van der Waals surface area contributed by atoms with Crippen LogP contribution in [0, 0.1) is 47.1 Å². The van der Waals surface area contributed by atoms with Crippen molar-refractivity contribution in [3.8, 4) is 5.75 Å². The minimum atomic E-state index is -0.910. The van der Waals surface area contributed by atoms with E-state index in [4.69, 9.17) is 16.3 Å².